The van der Waals surface area contributed by atoms with Crippen molar-refractivity contribution in [3.63, 3.8) is 0 Å². The molecule has 0 saturated carbocycles. The third-order valence-corrected chi connectivity index (χ3v) is 13.8. The number of hydrogen-bond donors (Lipinski definition) is 0. The van der Waals surface area contributed by atoms with Crippen LogP contribution in [-0.4, -0.2) is 13.7 Å². The van der Waals surface area contributed by atoms with Gasteiger partial charge in [0.1, 0.15) is 22.3 Å². The third-order valence-electron chi connectivity index (χ3n) is 13.8. The number of fused-ring (bicyclic) bond motifs is 17. The van der Waals surface area contributed by atoms with Crippen molar-refractivity contribution in [1.82, 2.24) is 13.7 Å². The van der Waals surface area contributed by atoms with Gasteiger partial charge < -0.3 is 22.5 Å². The van der Waals surface area contributed by atoms with Gasteiger partial charge in [-0.25, -0.2) is 0 Å². The summed E-state index contributed by atoms with van der Waals surface area (Å²) >= 11 is 0. The van der Waals surface area contributed by atoms with Crippen LogP contribution in [0.25, 0.3) is 137 Å². The highest BCUT2D eigenvalue weighted by Crippen LogP contribution is 2.46. The van der Waals surface area contributed by atoms with Gasteiger partial charge in [-0.2, -0.15) is 0 Å². The summed E-state index contributed by atoms with van der Waals surface area (Å²) in [5.74, 6) is 0. The highest BCUT2D eigenvalue weighted by atomic mass is 16.3. The third kappa shape index (κ3) is 4.76. The molecule has 0 fully saturated rings. The smallest absolute Gasteiger partial charge is 0.145 e. The van der Waals surface area contributed by atoms with Gasteiger partial charge in [0, 0.05) is 60.2 Å². The van der Waals surface area contributed by atoms with Gasteiger partial charge in [0.05, 0.1) is 43.9 Å². The lowest BCUT2D eigenvalue weighted by Gasteiger charge is -2.10. The van der Waals surface area contributed by atoms with Crippen LogP contribution in [0.15, 0.2) is 221 Å². The predicted molar refractivity (Wildman–Crippen MR) is 269 cm³/mol. The van der Waals surface area contributed by atoms with E-state index in [4.69, 9.17) is 8.83 Å². The van der Waals surface area contributed by atoms with Crippen LogP contribution in [0, 0.1) is 0 Å². The van der Waals surface area contributed by atoms with E-state index < -0.39 is 0 Å². The van der Waals surface area contributed by atoms with Crippen LogP contribution >= 0.6 is 0 Å². The fraction of sp³-hybridized carbons (Fsp3) is 0. The summed E-state index contributed by atoms with van der Waals surface area (Å²) in [6, 6.07) is 76.5. The topological polar surface area (TPSA) is 41.1 Å². The van der Waals surface area contributed by atoms with E-state index >= 15 is 0 Å². The molecule has 5 heterocycles. The van der Waals surface area contributed by atoms with Crippen LogP contribution in [0.1, 0.15) is 0 Å². The zero-order valence-corrected chi connectivity index (χ0v) is 34.9. The number of benzene rings is 10. The van der Waals surface area contributed by atoms with E-state index in [9.17, 15) is 0 Å². The van der Waals surface area contributed by atoms with E-state index in [1.54, 1.807) is 0 Å². The van der Waals surface area contributed by atoms with Crippen LogP contribution in [0.4, 0.5) is 0 Å². The summed E-state index contributed by atoms with van der Waals surface area (Å²) in [6.07, 6.45) is 0. The minimum absolute atomic E-state index is 0.886. The van der Waals surface area contributed by atoms with Gasteiger partial charge in [0.25, 0.3) is 0 Å². The molecule has 0 bridgehead atoms. The standard InChI is InChI=1S/C60H35N3O2/c1-3-13-38(14-4-1)61-51-28-23-36(37-24-32-56-46(33-37)43-19-9-12-22-55(43)64-56)34-47(51)57-53(61)30-26-44-45-27-31-54-58(60(45)65-59(44)57)48-35-40(25-29-52(48)62(54)39-15-5-2-6-16-39)63-49-20-10-7-17-41(49)42-18-8-11-21-50(42)63/h1-35H. The van der Waals surface area contributed by atoms with Crippen molar-refractivity contribution in [3.05, 3.63) is 212 Å². The summed E-state index contributed by atoms with van der Waals surface area (Å²) in [7, 11) is 0. The van der Waals surface area contributed by atoms with E-state index in [0.29, 0.717) is 0 Å². The highest BCUT2D eigenvalue weighted by molar-refractivity contribution is 6.29. The summed E-state index contributed by atoms with van der Waals surface area (Å²) in [5, 5.41) is 11.4. The molecule has 15 rings (SSSR count). The second-order valence-electron chi connectivity index (χ2n) is 17.2. The first-order chi connectivity index (χ1) is 32.2. The Labute approximate surface area is 370 Å². The van der Waals surface area contributed by atoms with Crippen molar-refractivity contribution in [2.24, 2.45) is 0 Å². The Morgan fingerprint density at radius 1 is 0.246 bits per heavy atom. The van der Waals surface area contributed by atoms with Gasteiger partial charge in [-0.1, -0.05) is 103 Å². The van der Waals surface area contributed by atoms with Crippen molar-refractivity contribution in [1.29, 1.82) is 0 Å². The molecular weight excluding hydrogens is 795 g/mol. The molecule has 0 atom stereocenters. The van der Waals surface area contributed by atoms with Crippen molar-refractivity contribution in [3.8, 4) is 28.2 Å². The number of rotatable bonds is 4. The Balaban J connectivity index is 1.04. The Hall–Kier alpha value is -8.80. The Morgan fingerprint density at radius 2 is 0.692 bits per heavy atom. The molecule has 5 aromatic heterocycles. The zero-order valence-electron chi connectivity index (χ0n) is 34.9. The van der Waals surface area contributed by atoms with Gasteiger partial charge >= 0.3 is 0 Å². The molecular formula is C60H35N3O2. The molecule has 0 radical (unpaired) electrons. The van der Waals surface area contributed by atoms with Gasteiger partial charge in [0.2, 0.25) is 0 Å². The first-order valence-corrected chi connectivity index (χ1v) is 22.2. The van der Waals surface area contributed by atoms with Crippen LogP contribution in [0.5, 0.6) is 0 Å². The van der Waals surface area contributed by atoms with Crippen LogP contribution in [0.3, 0.4) is 0 Å². The number of hydrogen-bond acceptors (Lipinski definition) is 2. The Morgan fingerprint density at radius 3 is 1.32 bits per heavy atom. The molecule has 0 aliphatic rings. The van der Waals surface area contributed by atoms with Crippen LogP contribution in [0.2, 0.25) is 0 Å². The van der Waals surface area contributed by atoms with Gasteiger partial charge in [0.15, 0.2) is 0 Å². The van der Waals surface area contributed by atoms with Gasteiger partial charge in [-0.15, -0.1) is 0 Å². The van der Waals surface area contributed by atoms with Gasteiger partial charge in [-0.05, 0) is 120 Å². The van der Waals surface area contributed by atoms with Crippen molar-refractivity contribution in [2.45, 2.75) is 0 Å². The normalized spacial score (nSPS) is 12.3. The molecule has 0 spiro atoms. The molecule has 0 aliphatic heterocycles. The number of para-hydroxylation sites is 5. The second-order valence-corrected chi connectivity index (χ2v) is 17.2. The fourth-order valence-electron chi connectivity index (χ4n) is 11.0. The average Bonchev–Trinajstić information content (AvgIpc) is 4.17. The Kier molecular flexibility index (Phi) is 6.89. The molecule has 0 saturated heterocycles. The maximum atomic E-state index is 7.46. The monoisotopic (exact) mass is 829 g/mol. The number of nitrogens with zero attached hydrogens (tertiary/aromatic N) is 3. The quantitative estimate of drug-likeness (QED) is 0.177. The van der Waals surface area contributed by atoms with Crippen molar-refractivity contribution < 1.29 is 8.83 Å². The molecule has 15 aromatic rings. The minimum atomic E-state index is 0.886. The second kappa shape index (κ2) is 12.9. The van der Waals surface area contributed by atoms with E-state index in [0.717, 1.165) is 116 Å². The first kappa shape index (κ1) is 34.7. The summed E-state index contributed by atoms with van der Waals surface area (Å²) < 4.78 is 20.9. The molecule has 0 aliphatic carbocycles. The molecule has 0 N–H and O–H groups in total. The minimum Gasteiger partial charge on any atom is -0.456 e. The fourth-order valence-corrected chi connectivity index (χ4v) is 11.0. The molecule has 0 unspecified atom stereocenters. The molecule has 10 aromatic carbocycles. The van der Waals surface area contributed by atoms with Crippen molar-refractivity contribution in [2.75, 3.05) is 0 Å². The average molecular weight is 830 g/mol. The van der Waals surface area contributed by atoms with Gasteiger partial charge in [-0.3, -0.25) is 0 Å². The zero-order chi connectivity index (χ0) is 42.3. The summed E-state index contributed by atoms with van der Waals surface area (Å²) in [6.45, 7) is 0. The van der Waals surface area contributed by atoms with E-state index in [1.807, 2.05) is 12.1 Å². The number of furan rings is 2. The molecule has 302 valence electrons. The maximum absolute atomic E-state index is 7.46. The molecule has 0 amide bonds. The largest absolute Gasteiger partial charge is 0.456 e. The lowest BCUT2D eigenvalue weighted by atomic mass is 10.00. The predicted octanol–water partition coefficient (Wildman–Crippen LogP) is 16.4. The maximum Gasteiger partial charge on any atom is 0.145 e. The SMILES string of the molecule is c1ccc(-n2c3ccc(-c4ccc5oc6ccccc6c5c4)cc3c3c4oc5c(ccc6c5c5cc(-n7c8ccccc8c8ccccc87)ccc5n6-c5ccccc5)c4ccc32)cc1. The number of aromatic nitrogens is 3. The van der Waals surface area contributed by atoms with Crippen LogP contribution in [-0.2, 0) is 0 Å². The lowest BCUT2D eigenvalue weighted by molar-refractivity contribution is 0.669. The molecule has 5 heteroatoms. The summed E-state index contributed by atoms with van der Waals surface area (Å²) in [5.41, 5.74) is 16.0. The summed E-state index contributed by atoms with van der Waals surface area (Å²) in [4.78, 5) is 0. The van der Waals surface area contributed by atoms with Crippen molar-refractivity contribution >= 4 is 109 Å². The first-order valence-electron chi connectivity index (χ1n) is 22.2. The highest BCUT2D eigenvalue weighted by Gasteiger charge is 2.24. The lowest BCUT2D eigenvalue weighted by Crippen LogP contribution is -1.95. The van der Waals surface area contributed by atoms with Crippen LogP contribution < -0.4 is 0 Å². The van der Waals surface area contributed by atoms with E-state index in [2.05, 4.69) is 214 Å². The molecule has 65 heavy (non-hydrogen) atoms. The Bertz CT molecular complexity index is 4410. The molecule has 5 nitrogen and oxygen atoms in total. The van der Waals surface area contributed by atoms with E-state index in [1.165, 1.54) is 21.8 Å². The van der Waals surface area contributed by atoms with E-state index in [-0.39, 0.29) is 0 Å².